The molecule has 9 nitrogen and oxygen atoms in total. The van der Waals surface area contributed by atoms with Crippen LogP contribution in [0.1, 0.15) is 17.8 Å². The number of H-pyrrole nitrogens is 1. The largest absolute Gasteiger partial charge is 0.465 e. The maximum absolute atomic E-state index is 11.1. The second-order valence-corrected chi connectivity index (χ2v) is 7.04. The SMILES string of the molecule is Cc1ncn2cc(Nc3ncnc4[nH]c(C5=CCN(C(=O)O)CC5)cc34)ccc12. The van der Waals surface area contributed by atoms with Crippen LogP contribution >= 0.6 is 0 Å². The molecular formula is C20H19N7O2. The van der Waals surface area contributed by atoms with Crippen LogP contribution in [0.3, 0.4) is 0 Å². The van der Waals surface area contributed by atoms with Gasteiger partial charge in [-0.2, -0.15) is 0 Å². The van der Waals surface area contributed by atoms with Gasteiger partial charge in [-0.05, 0) is 37.1 Å². The monoisotopic (exact) mass is 389 g/mol. The van der Waals surface area contributed by atoms with Crippen LogP contribution in [0.4, 0.5) is 16.3 Å². The van der Waals surface area contributed by atoms with Gasteiger partial charge in [-0.1, -0.05) is 6.08 Å². The zero-order valence-corrected chi connectivity index (χ0v) is 15.8. The van der Waals surface area contributed by atoms with Gasteiger partial charge in [0.1, 0.15) is 17.8 Å². The van der Waals surface area contributed by atoms with Gasteiger partial charge < -0.3 is 24.7 Å². The minimum Gasteiger partial charge on any atom is -0.465 e. The minimum absolute atomic E-state index is 0.390. The Morgan fingerprint density at radius 1 is 1.28 bits per heavy atom. The summed E-state index contributed by atoms with van der Waals surface area (Å²) in [6.45, 7) is 2.85. The topological polar surface area (TPSA) is 111 Å². The molecule has 0 bridgehead atoms. The molecule has 9 heteroatoms. The summed E-state index contributed by atoms with van der Waals surface area (Å²) in [5.74, 6) is 0.706. The molecule has 5 heterocycles. The Balaban J connectivity index is 1.46. The molecule has 3 N–H and O–H groups in total. The number of hydrogen-bond donors (Lipinski definition) is 3. The van der Waals surface area contributed by atoms with E-state index in [0.29, 0.717) is 25.3 Å². The Bertz CT molecular complexity index is 1270. The molecule has 1 aliphatic rings. The number of nitrogens with one attached hydrogen (secondary N) is 2. The molecule has 0 fully saturated rings. The fourth-order valence-corrected chi connectivity index (χ4v) is 3.65. The number of imidazole rings is 1. The molecule has 4 aromatic rings. The lowest BCUT2D eigenvalue weighted by Gasteiger charge is -2.23. The molecule has 5 rings (SSSR count). The Kier molecular flexibility index (Phi) is 3.94. The van der Waals surface area contributed by atoms with Crippen molar-refractivity contribution >= 4 is 39.7 Å². The van der Waals surface area contributed by atoms with Crippen molar-refractivity contribution in [2.24, 2.45) is 0 Å². The van der Waals surface area contributed by atoms with Gasteiger partial charge in [0, 0.05) is 25.0 Å². The number of amides is 1. The number of pyridine rings is 1. The van der Waals surface area contributed by atoms with Gasteiger partial charge in [0.05, 0.1) is 28.6 Å². The highest BCUT2D eigenvalue weighted by molar-refractivity contribution is 5.92. The van der Waals surface area contributed by atoms with Crippen molar-refractivity contribution in [2.75, 3.05) is 18.4 Å². The predicted molar refractivity (Wildman–Crippen MR) is 109 cm³/mol. The van der Waals surface area contributed by atoms with E-state index in [2.05, 4.69) is 25.3 Å². The lowest BCUT2D eigenvalue weighted by Crippen LogP contribution is -2.33. The molecule has 0 atom stereocenters. The zero-order valence-electron chi connectivity index (χ0n) is 15.8. The number of aromatic nitrogens is 5. The highest BCUT2D eigenvalue weighted by Gasteiger charge is 2.18. The summed E-state index contributed by atoms with van der Waals surface area (Å²) in [6.07, 6.45) is 6.99. The Hall–Kier alpha value is -3.88. The molecule has 29 heavy (non-hydrogen) atoms. The van der Waals surface area contributed by atoms with E-state index in [1.807, 2.05) is 41.8 Å². The number of aryl methyl sites for hydroxylation is 1. The first-order valence-electron chi connectivity index (χ1n) is 9.30. The van der Waals surface area contributed by atoms with Crippen LogP contribution in [-0.4, -0.2) is 53.5 Å². The van der Waals surface area contributed by atoms with Gasteiger partial charge in [-0.15, -0.1) is 0 Å². The fourth-order valence-electron chi connectivity index (χ4n) is 3.65. The van der Waals surface area contributed by atoms with E-state index < -0.39 is 6.09 Å². The summed E-state index contributed by atoms with van der Waals surface area (Å²) >= 11 is 0. The predicted octanol–water partition coefficient (Wildman–Crippen LogP) is 3.42. The van der Waals surface area contributed by atoms with Gasteiger partial charge in [0.25, 0.3) is 0 Å². The first-order chi connectivity index (χ1) is 14.1. The molecule has 0 saturated heterocycles. The van der Waals surface area contributed by atoms with E-state index >= 15 is 0 Å². The van der Waals surface area contributed by atoms with Crippen LogP contribution in [0, 0.1) is 6.92 Å². The van der Waals surface area contributed by atoms with Gasteiger partial charge in [0.15, 0.2) is 0 Å². The molecule has 0 saturated carbocycles. The first kappa shape index (κ1) is 17.2. The lowest BCUT2D eigenvalue weighted by molar-refractivity contribution is 0.150. The highest BCUT2D eigenvalue weighted by Crippen LogP contribution is 2.29. The van der Waals surface area contributed by atoms with E-state index in [0.717, 1.165) is 39.2 Å². The standard InChI is InChI=1S/C20H19N7O2/c1-12-17-3-2-14(9-27(17)11-23-12)24-18-15-8-16(25-19(15)22-10-21-18)13-4-6-26(7-5-13)20(28)29/h2-4,8-11H,5-7H2,1H3,(H,28,29)(H2,21,22,24,25). The molecular weight excluding hydrogens is 370 g/mol. The molecule has 0 aliphatic carbocycles. The van der Waals surface area contributed by atoms with E-state index in [-0.39, 0.29) is 0 Å². The van der Waals surface area contributed by atoms with Crippen LogP contribution in [0.25, 0.3) is 22.1 Å². The van der Waals surface area contributed by atoms with E-state index in [1.54, 1.807) is 6.33 Å². The number of carbonyl (C=O) groups is 1. The summed E-state index contributed by atoms with van der Waals surface area (Å²) in [6, 6.07) is 6.03. The van der Waals surface area contributed by atoms with Crippen LogP contribution in [0.15, 0.2) is 43.1 Å². The Labute approximate surface area is 165 Å². The number of fused-ring (bicyclic) bond motifs is 2. The highest BCUT2D eigenvalue weighted by atomic mass is 16.4. The normalized spacial score (nSPS) is 14.4. The summed E-state index contributed by atoms with van der Waals surface area (Å²) < 4.78 is 1.97. The van der Waals surface area contributed by atoms with Crippen molar-refractivity contribution in [1.29, 1.82) is 0 Å². The molecule has 0 spiro atoms. The fraction of sp³-hybridized carbons (Fsp3) is 0.200. The molecule has 146 valence electrons. The molecule has 4 aromatic heterocycles. The summed E-state index contributed by atoms with van der Waals surface area (Å²) in [5, 5.41) is 13.4. The molecule has 0 radical (unpaired) electrons. The Morgan fingerprint density at radius 3 is 2.97 bits per heavy atom. The molecule has 0 unspecified atom stereocenters. The minimum atomic E-state index is -0.889. The van der Waals surface area contributed by atoms with E-state index in [1.165, 1.54) is 11.2 Å². The van der Waals surface area contributed by atoms with Gasteiger partial charge in [0.2, 0.25) is 0 Å². The third-order valence-electron chi connectivity index (χ3n) is 5.24. The number of aromatic amines is 1. The average Bonchev–Trinajstić information content (AvgIpc) is 3.32. The van der Waals surface area contributed by atoms with Crippen LogP contribution in [0.5, 0.6) is 0 Å². The van der Waals surface area contributed by atoms with Crippen LogP contribution in [-0.2, 0) is 0 Å². The lowest BCUT2D eigenvalue weighted by atomic mass is 10.1. The van der Waals surface area contributed by atoms with Crippen molar-refractivity contribution in [3.8, 4) is 0 Å². The maximum atomic E-state index is 11.1. The maximum Gasteiger partial charge on any atom is 0.407 e. The smallest absolute Gasteiger partial charge is 0.407 e. The summed E-state index contributed by atoms with van der Waals surface area (Å²) in [4.78, 5) is 28.9. The van der Waals surface area contributed by atoms with Gasteiger partial charge in [-0.3, -0.25) is 0 Å². The number of hydrogen-bond acceptors (Lipinski definition) is 5. The van der Waals surface area contributed by atoms with Crippen molar-refractivity contribution in [1.82, 2.24) is 29.2 Å². The van der Waals surface area contributed by atoms with Crippen molar-refractivity contribution in [2.45, 2.75) is 13.3 Å². The Morgan fingerprint density at radius 2 is 2.17 bits per heavy atom. The van der Waals surface area contributed by atoms with Crippen LogP contribution < -0.4 is 5.32 Å². The van der Waals surface area contributed by atoms with Crippen molar-refractivity contribution < 1.29 is 9.90 Å². The first-order valence-corrected chi connectivity index (χ1v) is 9.30. The molecule has 1 amide bonds. The van der Waals surface area contributed by atoms with Gasteiger partial charge >= 0.3 is 6.09 Å². The number of rotatable bonds is 3. The molecule has 1 aliphatic heterocycles. The second-order valence-electron chi connectivity index (χ2n) is 7.04. The van der Waals surface area contributed by atoms with E-state index in [9.17, 15) is 4.79 Å². The van der Waals surface area contributed by atoms with Crippen LogP contribution in [0.2, 0.25) is 0 Å². The quantitative estimate of drug-likeness (QED) is 0.495. The van der Waals surface area contributed by atoms with Gasteiger partial charge in [-0.25, -0.2) is 19.7 Å². The van der Waals surface area contributed by atoms with Crippen molar-refractivity contribution in [3.05, 3.63) is 54.5 Å². The second kappa shape index (κ2) is 6.62. The molecule has 0 aromatic carbocycles. The summed E-state index contributed by atoms with van der Waals surface area (Å²) in [5.41, 5.74) is 5.70. The van der Waals surface area contributed by atoms with Crippen molar-refractivity contribution in [3.63, 3.8) is 0 Å². The number of carboxylic acid groups (broad SMARTS) is 1. The zero-order chi connectivity index (χ0) is 20.0. The number of anilines is 2. The van der Waals surface area contributed by atoms with E-state index in [4.69, 9.17) is 5.11 Å². The number of nitrogens with zero attached hydrogens (tertiary/aromatic N) is 5. The summed E-state index contributed by atoms with van der Waals surface area (Å²) in [7, 11) is 0. The third kappa shape index (κ3) is 3.06. The third-order valence-corrected chi connectivity index (χ3v) is 5.24. The average molecular weight is 389 g/mol.